The lowest BCUT2D eigenvalue weighted by Gasteiger charge is -2.36. The van der Waals surface area contributed by atoms with Crippen LogP contribution < -0.4 is 21.7 Å². The Hall–Kier alpha value is -5.92. The first-order chi connectivity index (χ1) is 35.2. The number of nitrogens with two attached hydrogens (primary N) is 1. The zero-order chi connectivity index (χ0) is 54.9. The maximum absolute atomic E-state index is 13.6. The third kappa shape index (κ3) is 16.1. The molecule has 4 heterocycles. The molecule has 2 unspecified atom stereocenters. The number of hydrogen-bond acceptors (Lipinski definition) is 9. The Morgan fingerprint density at radius 1 is 0.587 bits per heavy atom. The SMILES string of the molecule is C[C@@H](N)c1ccc(CNC(C)(C)C)cc1.Cc1ccc(S(=O)(=O)N2CCn3cccc3C2CC(=O)N[C@H](C)c2ccc(CNC(C)(C)C)cc2)cc1.Cc1ccc(S(=O)(=O)N2CCn3cccc3C2CC(=O)O)cc1. The minimum absolute atomic E-state index is 0.0414. The fourth-order valence-electron chi connectivity index (χ4n) is 8.89. The number of hydrogen-bond donors (Lipinski definition) is 5. The van der Waals surface area contributed by atoms with Crippen molar-refractivity contribution in [2.45, 2.75) is 153 Å². The lowest BCUT2D eigenvalue weighted by molar-refractivity contribution is -0.138. The molecule has 0 saturated carbocycles. The summed E-state index contributed by atoms with van der Waals surface area (Å²) in [7, 11) is -7.50. The van der Waals surface area contributed by atoms with Gasteiger partial charge in [0.1, 0.15) is 0 Å². The first kappa shape index (κ1) is 58.3. The molecular weight excluding hydrogens is 985 g/mol. The molecule has 2 aromatic heterocycles. The number of carbonyl (C=O) groups is 2. The number of carbonyl (C=O) groups excluding carboxylic acids is 1. The number of nitrogens with one attached hydrogen (secondary N) is 3. The molecule has 15 nitrogen and oxygen atoms in total. The van der Waals surface area contributed by atoms with Crippen molar-refractivity contribution in [3.05, 3.63) is 178 Å². The third-order valence-electron chi connectivity index (χ3n) is 13.2. The fraction of sp³-hybridized carbons (Fsp3) is 0.414. The van der Waals surface area contributed by atoms with Crippen LogP contribution >= 0.6 is 0 Å². The van der Waals surface area contributed by atoms with Gasteiger partial charge in [-0.05, 0) is 140 Å². The van der Waals surface area contributed by atoms with Crippen LogP contribution in [0.1, 0.15) is 137 Å². The summed E-state index contributed by atoms with van der Waals surface area (Å²) in [5, 5.41) is 19.2. The number of aromatic nitrogens is 2. The van der Waals surface area contributed by atoms with E-state index in [1.165, 1.54) is 25.3 Å². The van der Waals surface area contributed by atoms with Crippen LogP contribution in [0.3, 0.4) is 0 Å². The van der Waals surface area contributed by atoms with Gasteiger partial charge in [-0.2, -0.15) is 8.61 Å². The molecule has 6 aromatic rings. The van der Waals surface area contributed by atoms with E-state index in [1.54, 1.807) is 54.6 Å². The van der Waals surface area contributed by atoms with E-state index >= 15 is 0 Å². The number of sulfonamides is 2. The van der Waals surface area contributed by atoms with Crippen LogP contribution in [0, 0.1) is 13.8 Å². The predicted octanol–water partition coefficient (Wildman–Crippen LogP) is 9.31. The van der Waals surface area contributed by atoms with Crippen molar-refractivity contribution in [1.29, 1.82) is 0 Å². The fourth-order valence-corrected chi connectivity index (χ4v) is 12.1. The molecule has 0 radical (unpaired) electrons. The molecule has 4 aromatic carbocycles. The van der Waals surface area contributed by atoms with E-state index in [1.807, 2.05) is 79.6 Å². The zero-order valence-corrected chi connectivity index (χ0v) is 46.9. The van der Waals surface area contributed by atoms with Crippen molar-refractivity contribution in [3.63, 3.8) is 0 Å². The van der Waals surface area contributed by atoms with E-state index in [0.717, 1.165) is 35.5 Å². The number of rotatable bonds is 15. The highest BCUT2D eigenvalue weighted by molar-refractivity contribution is 7.89. The van der Waals surface area contributed by atoms with Gasteiger partial charge in [0, 0.05) is 86.6 Å². The van der Waals surface area contributed by atoms with E-state index in [-0.39, 0.29) is 58.2 Å². The molecule has 17 heteroatoms. The molecule has 404 valence electrons. The molecule has 4 atom stereocenters. The second-order valence-corrected chi connectivity index (χ2v) is 25.5. The number of aryl methyl sites for hydroxylation is 2. The molecule has 2 aliphatic heterocycles. The van der Waals surface area contributed by atoms with Gasteiger partial charge in [-0.1, -0.05) is 83.9 Å². The zero-order valence-electron chi connectivity index (χ0n) is 45.2. The maximum Gasteiger partial charge on any atom is 0.305 e. The van der Waals surface area contributed by atoms with Crippen LogP contribution in [-0.2, 0) is 55.8 Å². The summed E-state index contributed by atoms with van der Waals surface area (Å²) in [5.41, 5.74) is 14.2. The van der Waals surface area contributed by atoms with Crippen molar-refractivity contribution in [2.24, 2.45) is 5.73 Å². The molecule has 0 aliphatic carbocycles. The van der Waals surface area contributed by atoms with Gasteiger partial charge in [-0.15, -0.1) is 0 Å². The molecule has 8 rings (SSSR count). The van der Waals surface area contributed by atoms with Gasteiger partial charge in [0.25, 0.3) is 0 Å². The molecule has 6 N–H and O–H groups in total. The summed E-state index contributed by atoms with van der Waals surface area (Å²) in [6, 6.07) is 36.2. The van der Waals surface area contributed by atoms with Gasteiger partial charge in [0.05, 0.1) is 34.3 Å². The van der Waals surface area contributed by atoms with E-state index < -0.39 is 38.1 Å². The number of aliphatic carboxylic acids is 1. The van der Waals surface area contributed by atoms with Crippen LogP contribution in [-0.4, -0.2) is 75.7 Å². The highest BCUT2D eigenvalue weighted by Gasteiger charge is 2.39. The molecule has 0 bridgehead atoms. The van der Waals surface area contributed by atoms with E-state index in [0.29, 0.717) is 25.3 Å². The Labute approximate surface area is 445 Å². The third-order valence-corrected chi connectivity index (χ3v) is 17.1. The average Bonchev–Trinajstić information content (AvgIpc) is 4.04. The summed E-state index contributed by atoms with van der Waals surface area (Å²) >= 11 is 0. The summed E-state index contributed by atoms with van der Waals surface area (Å²) in [6.45, 7) is 24.0. The number of carboxylic acid groups (broad SMARTS) is 1. The Kier molecular flexibility index (Phi) is 19.3. The molecule has 0 saturated heterocycles. The summed E-state index contributed by atoms with van der Waals surface area (Å²) in [5.74, 6) is -1.21. The Balaban J connectivity index is 0.000000204. The topological polar surface area (TPSA) is 201 Å². The lowest BCUT2D eigenvalue weighted by atomic mass is 10.0. The molecule has 1 amide bonds. The maximum atomic E-state index is 13.6. The summed E-state index contributed by atoms with van der Waals surface area (Å²) in [6.07, 6.45) is 3.58. The van der Waals surface area contributed by atoms with Gasteiger partial charge >= 0.3 is 5.97 Å². The molecule has 0 fully saturated rings. The Morgan fingerprint density at radius 3 is 1.35 bits per heavy atom. The van der Waals surface area contributed by atoms with Crippen LogP contribution in [0.4, 0.5) is 0 Å². The standard InChI is InChI=1S/C29H38N4O3S.C16H18N2O4S.C13H22N2/c1-21-8-14-25(15-9-21)37(35,36)33-18-17-32-16-6-7-26(32)27(33)19-28(34)31-22(2)24-12-10-23(11-13-24)20-30-29(3,4)5;1-12-4-6-13(7-5-12)23(21,22)18-10-9-17-8-2-3-14(17)15(18)11-16(19)20;1-10(14)12-7-5-11(6-8-12)9-15-13(2,3)4/h6-16,22,27,30H,17-20H2,1-5H3,(H,31,34);2-8,15H,9-11H2,1H3,(H,19,20);5-8,10,15H,9,14H2,1-4H3/t22-,27?;;10-/m1.1/s1. The second kappa shape index (κ2) is 24.8. The van der Waals surface area contributed by atoms with Gasteiger partial charge in [0.2, 0.25) is 26.0 Å². The van der Waals surface area contributed by atoms with Crippen molar-refractivity contribution in [2.75, 3.05) is 13.1 Å². The van der Waals surface area contributed by atoms with Gasteiger partial charge in [-0.3, -0.25) is 9.59 Å². The monoisotopic (exact) mass is 1060 g/mol. The minimum atomic E-state index is -3.76. The first-order valence-corrected chi connectivity index (χ1v) is 28.5. The average molecular weight is 1060 g/mol. The minimum Gasteiger partial charge on any atom is -0.481 e. The van der Waals surface area contributed by atoms with Crippen molar-refractivity contribution in [3.8, 4) is 0 Å². The summed E-state index contributed by atoms with van der Waals surface area (Å²) in [4.78, 5) is 24.9. The predicted molar refractivity (Wildman–Crippen MR) is 297 cm³/mol. The molecule has 2 aliphatic rings. The van der Waals surface area contributed by atoms with Crippen LogP contribution in [0.2, 0.25) is 0 Å². The van der Waals surface area contributed by atoms with Crippen molar-refractivity contribution in [1.82, 2.24) is 33.7 Å². The van der Waals surface area contributed by atoms with E-state index in [9.17, 15) is 31.5 Å². The van der Waals surface area contributed by atoms with Gasteiger partial charge in [0.15, 0.2) is 0 Å². The Bertz CT molecular complexity index is 3050. The van der Waals surface area contributed by atoms with E-state index in [4.69, 9.17) is 5.73 Å². The molecular formula is C58H78N8O7S2. The van der Waals surface area contributed by atoms with Gasteiger partial charge in [-0.25, -0.2) is 16.8 Å². The molecule has 75 heavy (non-hydrogen) atoms. The van der Waals surface area contributed by atoms with Crippen LogP contribution in [0.5, 0.6) is 0 Å². The second-order valence-electron chi connectivity index (χ2n) is 21.7. The summed E-state index contributed by atoms with van der Waals surface area (Å²) < 4.78 is 59.8. The number of benzene rings is 4. The lowest BCUT2D eigenvalue weighted by Crippen LogP contribution is -2.44. The van der Waals surface area contributed by atoms with Gasteiger partial charge < -0.3 is 35.9 Å². The highest BCUT2D eigenvalue weighted by atomic mass is 32.2. The Morgan fingerprint density at radius 2 is 0.973 bits per heavy atom. The van der Waals surface area contributed by atoms with Crippen molar-refractivity contribution >= 4 is 31.9 Å². The number of fused-ring (bicyclic) bond motifs is 2. The quantitative estimate of drug-likeness (QED) is 0.0660. The van der Waals surface area contributed by atoms with Crippen LogP contribution in [0.25, 0.3) is 0 Å². The van der Waals surface area contributed by atoms with Crippen molar-refractivity contribution < 1.29 is 31.5 Å². The number of carboxylic acids is 1. The van der Waals surface area contributed by atoms with E-state index in [2.05, 4.69) is 93.9 Å². The molecule has 0 spiro atoms. The normalized spacial score (nSPS) is 17.0. The van der Waals surface area contributed by atoms with Crippen LogP contribution in [0.15, 0.2) is 144 Å². The largest absolute Gasteiger partial charge is 0.481 e. The number of nitrogens with zero attached hydrogens (tertiary/aromatic N) is 4. The smallest absolute Gasteiger partial charge is 0.305 e. The highest BCUT2D eigenvalue weighted by Crippen LogP contribution is 2.36. The number of amides is 1. The first-order valence-electron chi connectivity index (χ1n) is 25.6.